The van der Waals surface area contributed by atoms with Crippen molar-refractivity contribution in [1.29, 1.82) is 0 Å². The van der Waals surface area contributed by atoms with Gasteiger partial charge in [-0.2, -0.15) is 5.10 Å². The van der Waals surface area contributed by atoms with E-state index in [1.807, 2.05) is 13.8 Å². The summed E-state index contributed by atoms with van der Waals surface area (Å²) < 4.78 is 41.8. The van der Waals surface area contributed by atoms with E-state index in [9.17, 15) is 27.9 Å². The molecule has 1 aliphatic heterocycles. The standard InChI is InChI=1S/C25H21F3N4O4/c1-13(2)15-4-6-17(7-5-15)21(33)19-20(16-8-10-18(11-9-16)36-25(26,27)28)32(23(35)22(19)34)24-29-12-14(3)30-31-24/h4-13,20,34H,1-3H3. The van der Waals surface area contributed by atoms with Gasteiger partial charge < -0.3 is 9.84 Å². The lowest BCUT2D eigenvalue weighted by Gasteiger charge is -2.25. The number of anilines is 1. The predicted molar refractivity (Wildman–Crippen MR) is 122 cm³/mol. The highest BCUT2D eigenvalue weighted by Crippen LogP contribution is 2.41. The smallest absolute Gasteiger partial charge is 0.503 e. The molecule has 1 aromatic heterocycles. The van der Waals surface area contributed by atoms with Crippen molar-refractivity contribution >= 4 is 17.6 Å². The Labute approximate surface area is 204 Å². The van der Waals surface area contributed by atoms with Crippen LogP contribution in [0.25, 0.3) is 0 Å². The summed E-state index contributed by atoms with van der Waals surface area (Å²) in [4.78, 5) is 31.7. The van der Waals surface area contributed by atoms with E-state index in [1.165, 1.54) is 18.3 Å². The average Bonchev–Trinajstić information content (AvgIpc) is 3.09. The van der Waals surface area contributed by atoms with Crippen LogP contribution in [0.4, 0.5) is 19.1 Å². The van der Waals surface area contributed by atoms with Gasteiger partial charge in [-0.15, -0.1) is 18.3 Å². The third-order valence-electron chi connectivity index (χ3n) is 5.60. The zero-order chi connectivity index (χ0) is 26.2. The van der Waals surface area contributed by atoms with Crippen LogP contribution in [0.2, 0.25) is 0 Å². The van der Waals surface area contributed by atoms with E-state index >= 15 is 0 Å². The second-order valence-electron chi connectivity index (χ2n) is 8.46. The number of aryl methyl sites for hydroxylation is 1. The summed E-state index contributed by atoms with van der Waals surface area (Å²) in [6, 6.07) is 10.1. The molecule has 2 heterocycles. The molecule has 11 heteroatoms. The summed E-state index contributed by atoms with van der Waals surface area (Å²) in [5.74, 6) is -2.82. The fourth-order valence-electron chi connectivity index (χ4n) is 3.82. The lowest BCUT2D eigenvalue weighted by atomic mass is 9.91. The fraction of sp³-hybridized carbons (Fsp3) is 0.240. The normalized spacial score (nSPS) is 16.1. The molecule has 1 N–H and O–H groups in total. The molecule has 0 saturated heterocycles. The molecule has 0 fully saturated rings. The van der Waals surface area contributed by atoms with Gasteiger partial charge in [0.25, 0.3) is 11.9 Å². The SMILES string of the molecule is Cc1cnc(N2C(=O)C(O)=C(C(=O)c3ccc(C(C)C)cc3)C2c2ccc(OC(F)(F)F)cc2)nn1. The summed E-state index contributed by atoms with van der Waals surface area (Å²) in [5, 5.41) is 18.6. The predicted octanol–water partition coefficient (Wildman–Crippen LogP) is 4.98. The van der Waals surface area contributed by atoms with E-state index < -0.39 is 35.6 Å². The highest BCUT2D eigenvalue weighted by Gasteiger charge is 2.46. The number of carbonyl (C=O) groups is 2. The van der Waals surface area contributed by atoms with Crippen molar-refractivity contribution in [3.63, 3.8) is 0 Å². The number of amides is 1. The quantitative estimate of drug-likeness (QED) is 0.478. The topological polar surface area (TPSA) is 106 Å². The molecule has 0 bridgehead atoms. The van der Waals surface area contributed by atoms with Crippen molar-refractivity contribution in [2.24, 2.45) is 0 Å². The second-order valence-corrected chi connectivity index (χ2v) is 8.46. The Morgan fingerprint density at radius 2 is 1.69 bits per heavy atom. The zero-order valence-electron chi connectivity index (χ0n) is 19.4. The van der Waals surface area contributed by atoms with Crippen LogP contribution in [0, 0.1) is 6.92 Å². The van der Waals surface area contributed by atoms with Gasteiger partial charge in [-0.1, -0.05) is 50.2 Å². The molecule has 0 saturated carbocycles. The lowest BCUT2D eigenvalue weighted by molar-refractivity contribution is -0.274. The van der Waals surface area contributed by atoms with Gasteiger partial charge in [0.2, 0.25) is 0 Å². The maximum Gasteiger partial charge on any atom is 0.573 e. The Bertz CT molecular complexity index is 1320. The average molecular weight is 498 g/mol. The largest absolute Gasteiger partial charge is 0.573 e. The van der Waals surface area contributed by atoms with Crippen LogP contribution >= 0.6 is 0 Å². The Balaban J connectivity index is 1.79. The molecule has 36 heavy (non-hydrogen) atoms. The Hall–Kier alpha value is -4.28. The molecular weight excluding hydrogens is 477 g/mol. The van der Waals surface area contributed by atoms with E-state index in [2.05, 4.69) is 19.9 Å². The van der Waals surface area contributed by atoms with E-state index in [0.29, 0.717) is 5.69 Å². The van der Waals surface area contributed by atoms with Gasteiger partial charge in [-0.25, -0.2) is 4.98 Å². The number of rotatable bonds is 6. The fourth-order valence-corrected chi connectivity index (χ4v) is 3.82. The van der Waals surface area contributed by atoms with Crippen molar-refractivity contribution < 1.29 is 32.6 Å². The minimum Gasteiger partial charge on any atom is -0.503 e. The molecule has 8 nitrogen and oxygen atoms in total. The molecule has 186 valence electrons. The number of Topliss-reactive ketones (excluding diaryl/α,β-unsaturated/α-hetero) is 1. The first kappa shape index (κ1) is 24.8. The monoisotopic (exact) mass is 498 g/mol. The van der Waals surface area contributed by atoms with Crippen molar-refractivity contribution in [2.75, 3.05) is 4.90 Å². The molecule has 1 amide bonds. The van der Waals surface area contributed by atoms with Crippen LogP contribution in [0.3, 0.4) is 0 Å². The number of ketones is 1. The highest BCUT2D eigenvalue weighted by molar-refractivity contribution is 6.20. The van der Waals surface area contributed by atoms with Gasteiger partial charge in [0, 0.05) is 5.56 Å². The molecule has 4 rings (SSSR count). The minimum atomic E-state index is -4.89. The summed E-state index contributed by atoms with van der Waals surface area (Å²) in [5.41, 5.74) is 1.65. The van der Waals surface area contributed by atoms with Crippen LogP contribution < -0.4 is 9.64 Å². The van der Waals surface area contributed by atoms with Crippen molar-refractivity contribution in [3.8, 4) is 5.75 Å². The van der Waals surface area contributed by atoms with Crippen molar-refractivity contribution in [3.05, 3.63) is 88.4 Å². The highest BCUT2D eigenvalue weighted by atomic mass is 19.4. The third-order valence-corrected chi connectivity index (χ3v) is 5.60. The number of hydrogen-bond donors (Lipinski definition) is 1. The van der Waals surface area contributed by atoms with Crippen LogP contribution in [-0.2, 0) is 4.79 Å². The van der Waals surface area contributed by atoms with Gasteiger partial charge in [0.05, 0.1) is 23.5 Å². The minimum absolute atomic E-state index is 0.185. The third kappa shape index (κ3) is 4.90. The number of aromatic nitrogens is 3. The number of aliphatic hydroxyl groups excluding tert-OH is 1. The summed E-state index contributed by atoms with van der Waals surface area (Å²) in [6.45, 7) is 5.63. The number of benzene rings is 2. The van der Waals surface area contributed by atoms with E-state index in [0.717, 1.165) is 22.6 Å². The first-order chi connectivity index (χ1) is 17.0. The number of ether oxygens (including phenoxy) is 1. The lowest BCUT2D eigenvalue weighted by Crippen LogP contribution is -2.33. The van der Waals surface area contributed by atoms with Crippen LogP contribution in [0.1, 0.15) is 53.0 Å². The maximum atomic E-state index is 13.5. The molecular formula is C25H21F3N4O4. The Morgan fingerprint density at radius 3 is 2.22 bits per heavy atom. The van der Waals surface area contributed by atoms with Gasteiger partial charge in [0.1, 0.15) is 5.75 Å². The summed E-state index contributed by atoms with van der Waals surface area (Å²) in [6.07, 6.45) is -3.53. The van der Waals surface area contributed by atoms with Gasteiger partial charge >= 0.3 is 6.36 Å². The van der Waals surface area contributed by atoms with Crippen molar-refractivity contribution in [1.82, 2.24) is 15.2 Å². The number of carbonyl (C=O) groups excluding carboxylic acids is 2. The van der Waals surface area contributed by atoms with Crippen LogP contribution in [-0.4, -0.2) is 38.3 Å². The van der Waals surface area contributed by atoms with E-state index in [4.69, 9.17) is 0 Å². The maximum absolute atomic E-state index is 13.5. The van der Waals surface area contributed by atoms with Gasteiger partial charge in [-0.05, 0) is 36.1 Å². The van der Waals surface area contributed by atoms with Crippen LogP contribution in [0.5, 0.6) is 5.75 Å². The first-order valence-electron chi connectivity index (χ1n) is 10.9. The first-order valence-corrected chi connectivity index (χ1v) is 10.9. The molecule has 0 radical (unpaired) electrons. The van der Waals surface area contributed by atoms with Crippen LogP contribution in [0.15, 0.2) is 66.1 Å². The number of alkyl halides is 3. The molecule has 0 spiro atoms. The molecule has 1 unspecified atom stereocenters. The number of halogens is 3. The molecule has 3 aromatic rings. The molecule has 1 aliphatic rings. The summed E-state index contributed by atoms with van der Waals surface area (Å²) >= 11 is 0. The second kappa shape index (κ2) is 9.40. The summed E-state index contributed by atoms with van der Waals surface area (Å²) in [7, 11) is 0. The number of hydrogen-bond acceptors (Lipinski definition) is 7. The molecule has 2 aromatic carbocycles. The molecule has 1 atom stereocenters. The Kier molecular flexibility index (Phi) is 6.49. The zero-order valence-corrected chi connectivity index (χ0v) is 19.4. The number of aliphatic hydroxyl groups is 1. The Morgan fingerprint density at radius 1 is 1.06 bits per heavy atom. The van der Waals surface area contributed by atoms with Gasteiger partial charge in [0.15, 0.2) is 11.5 Å². The van der Waals surface area contributed by atoms with E-state index in [1.54, 1.807) is 31.2 Å². The van der Waals surface area contributed by atoms with E-state index in [-0.39, 0.29) is 28.6 Å². The van der Waals surface area contributed by atoms with Crippen molar-refractivity contribution in [2.45, 2.75) is 39.1 Å². The number of nitrogens with zero attached hydrogens (tertiary/aromatic N) is 4. The van der Waals surface area contributed by atoms with Gasteiger partial charge in [-0.3, -0.25) is 14.5 Å². The molecule has 0 aliphatic carbocycles.